The Balaban J connectivity index is 1.70. The lowest BCUT2D eigenvalue weighted by Crippen LogP contribution is -2.40. The van der Waals surface area contributed by atoms with Gasteiger partial charge in [-0.2, -0.15) is 5.26 Å². The van der Waals surface area contributed by atoms with Crippen molar-refractivity contribution in [2.75, 3.05) is 0 Å². The Labute approximate surface area is 130 Å². The zero-order chi connectivity index (χ0) is 15.5. The molecule has 0 bridgehead atoms. The van der Waals surface area contributed by atoms with Gasteiger partial charge in [0.15, 0.2) is 0 Å². The highest BCUT2D eigenvalue weighted by Gasteiger charge is 2.29. The predicted molar refractivity (Wildman–Crippen MR) is 82.3 cm³/mol. The van der Waals surface area contributed by atoms with Gasteiger partial charge in [-0.15, -0.1) is 0 Å². The van der Waals surface area contributed by atoms with Crippen molar-refractivity contribution in [2.45, 2.75) is 44.8 Å². The number of amides is 1. The summed E-state index contributed by atoms with van der Waals surface area (Å²) in [7, 11) is -0.902. The third-order valence-corrected chi connectivity index (χ3v) is 4.61. The summed E-state index contributed by atoms with van der Waals surface area (Å²) in [5.74, 6) is 0.0172. The summed E-state index contributed by atoms with van der Waals surface area (Å²) in [4.78, 5) is 12.4. The molecule has 6 heteroatoms. The number of fused-ring (bicyclic) bond motifs is 1. The van der Waals surface area contributed by atoms with E-state index in [4.69, 9.17) is 4.65 Å². The van der Waals surface area contributed by atoms with E-state index in [1.54, 1.807) is 18.2 Å². The highest BCUT2D eigenvalue weighted by molar-refractivity contribution is 6.61. The number of nitrogens with one attached hydrogen (secondary N) is 1. The van der Waals surface area contributed by atoms with Crippen LogP contribution < -0.4 is 10.8 Å². The van der Waals surface area contributed by atoms with Crippen LogP contribution in [0.2, 0.25) is 0 Å². The van der Waals surface area contributed by atoms with E-state index in [9.17, 15) is 15.1 Å². The summed E-state index contributed by atoms with van der Waals surface area (Å²) < 4.78 is 5.13. The van der Waals surface area contributed by atoms with Gasteiger partial charge in [0.1, 0.15) is 6.04 Å². The highest BCUT2D eigenvalue weighted by Crippen LogP contribution is 2.26. The summed E-state index contributed by atoms with van der Waals surface area (Å²) >= 11 is 0. The third kappa shape index (κ3) is 3.01. The normalized spacial score (nSPS) is 19.4. The van der Waals surface area contributed by atoms with Gasteiger partial charge in [0.05, 0.1) is 12.7 Å². The maximum Gasteiger partial charge on any atom is 0.491 e. The van der Waals surface area contributed by atoms with Crippen molar-refractivity contribution in [3.8, 4) is 6.07 Å². The van der Waals surface area contributed by atoms with E-state index in [1.165, 1.54) is 6.42 Å². The molecule has 1 heterocycles. The molecule has 0 radical (unpaired) electrons. The molecule has 0 spiro atoms. The van der Waals surface area contributed by atoms with Crippen LogP contribution in [0.4, 0.5) is 0 Å². The Bertz CT molecular complexity index is 608. The number of benzene rings is 1. The number of carbonyl (C=O) groups is 1. The molecule has 1 saturated carbocycles. The Kier molecular flexibility index (Phi) is 4.46. The highest BCUT2D eigenvalue weighted by atomic mass is 16.5. The van der Waals surface area contributed by atoms with Crippen LogP contribution in [-0.4, -0.2) is 24.1 Å². The first-order valence-electron chi connectivity index (χ1n) is 7.82. The summed E-state index contributed by atoms with van der Waals surface area (Å²) in [6.45, 7) is 0.307. The molecule has 0 aromatic heterocycles. The van der Waals surface area contributed by atoms with Crippen molar-refractivity contribution in [2.24, 2.45) is 5.92 Å². The van der Waals surface area contributed by atoms with Crippen LogP contribution in [0, 0.1) is 17.2 Å². The van der Waals surface area contributed by atoms with Crippen LogP contribution >= 0.6 is 0 Å². The van der Waals surface area contributed by atoms with E-state index < -0.39 is 13.2 Å². The van der Waals surface area contributed by atoms with Gasteiger partial charge in [0, 0.05) is 5.56 Å². The SMILES string of the molecule is N#CC(NC(=O)c1ccc2c(c1)COB2O)C1CCCCC1. The second-order valence-corrected chi connectivity index (χ2v) is 6.06. The average Bonchev–Trinajstić information content (AvgIpc) is 2.94. The predicted octanol–water partition coefficient (Wildman–Crippen LogP) is 1.11. The van der Waals surface area contributed by atoms with Crippen LogP contribution in [0.3, 0.4) is 0 Å². The number of hydrogen-bond acceptors (Lipinski definition) is 4. The van der Waals surface area contributed by atoms with Gasteiger partial charge >= 0.3 is 7.12 Å². The number of nitrogens with zero attached hydrogens (tertiary/aromatic N) is 1. The first kappa shape index (κ1) is 15.1. The molecule has 114 valence electrons. The van der Waals surface area contributed by atoms with E-state index in [-0.39, 0.29) is 11.8 Å². The van der Waals surface area contributed by atoms with Crippen molar-refractivity contribution in [3.05, 3.63) is 29.3 Å². The number of rotatable bonds is 3. The Morgan fingerprint density at radius 3 is 2.91 bits per heavy atom. The van der Waals surface area contributed by atoms with Gasteiger partial charge in [-0.1, -0.05) is 25.3 Å². The fourth-order valence-corrected chi connectivity index (χ4v) is 3.32. The third-order valence-electron chi connectivity index (χ3n) is 4.61. The number of carbonyl (C=O) groups excluding carboxylic acids is 1. The minimum atomic E-state index is -0.902. The van der Waals surface area contributed by atoms with Gasteiger partial charge in [-0.05, 0) is 41.9 Å². The second kappa shape index (κ2) is 6.51. The molecular weight excluding hydrogens is 279 g/mol. The van der Waals surface area contributed by atoms with Crippen molar-refractivity contribution >= 4 is 18.5 Å². The quantitative estimate of drug-likeness (QED) is 0.819. The van der Waals surface area contributed by atoms with Crippen LogP contribution in [0.1, 0.15) is 48.0 Å². The molecule has 1 aromatic rings. The zero-order valence-corrected chi connectivity index (χ0v) is 12.4. The fourth-order valence-electron chi connectivity index (χ4n) is 3.32. The summed E-state index contributed by atoms with van der Waals surface area (Å²) in [5, 5.41) is 21.8. The summed E-state index contributed by atoms with van der Waals surface area (Å²) in [6, 6.07) is 6.92. The van der Waals surface area contributed by atoms with E-state index in [0.29, 0.717) is 17.6 Å². The van der Waals surface area contributed by atoms with Gasteiger partial charge in [0.2, 0.25) is 0 Å². The zero-order valence-electron chi connectivity index (χ0n) is 12.4. The first-order chi connectivity index (χ1) is 10.7. The molecule has 5 nitrogen and oxygen atoms in total. The Morgan fingerprint density at radius 1 is 1.41 bits per heavy atom. The molecule has 1 aliphatic heterocycles. The minimum Gasteiger partial charge on any atom is -0.423 e. The summed E-state index contributed by atoms with van der Waals surface area (Å²) in [5.41, 5.74) is 2.04. The van der Waals surface area contributed by atoms with Crippen LogP contribution in [0.15, 0.2) is 18.2 Å². The van der Waals surface area contributed by atoms with Crippen molar-refractivity contribution in [1.29, 1.82) is 5.26 Å². The van der Waals surface area contributed by atoms with Gasteiger partial charge < -0.3 is 15.0 Å². The van der Waals surface area contributed by atoms with Crippen LogP contribution in [0.25, 0.3) is 0 Å². The fraction of sp³-hybridized carbons (Fsp3) is 0.500. The Morgan fingerprint density at radius 2 is 2.18 bits per heavy atom. The van der Waals surface area contributed by atoms with Crippen molar-refractivity contribution in [1.82, 2.24) is 5.32 Å². The number of nitriles is 1. The Hall–Kier alpha value is -1.84. The average molecular weight is 298 g/mol. The molecule has 2 N–H and O–H groups in total. The molecule has 22 heavy (non-hydrogen) atoms. The smallest absolute Gasteiger partial charge is 0.423 e. The summed E-state index contributed by atoms with van der Waals surface area (Å²) in [6.07, 6.45) is 5.49. The van der Waals surface area contributed by atoms with E-state index >= 15 is 0 Å². The standard InChI is InChI=1S/C16H19BN2O3/c18-9-15(11-4-2-1-3-5-11)19-16(20)12-6-7-14-13(8-12)10-22-17(14)21/h6-8,11,15,21H,1-5,10H2,(H,19,20). The lowest BCUT2D eigenvalue weighted by atomic mass is 9.79. The number of hydrogen-bond donors (Lipinski definition) is 2. The van der Waals surface area contributed by atoms with Crippen molar-refractivity contribution in [3.63, 3.8) is 0 Å². The topological polar surface area (TPSA) is 82.4 Å². The van der Waals surface area contributed by atoms with Crippen LogP contribution in [-0.2, 0) is 11.3 Å². The van der Waals surface area contributed by atoms with E-state index in [2.05, 4.69) is 11.4 Å². The van der Waals surface area contributed by atoms with E-state index in [0.717, 1.165) is 31.2 Å². The maximum atomic E-state index is 12.4. The molecule has 1 fully saturated rings. The molecular formula is C16H19BN2O3. The molecule has 0 saturated heterocycles. The maximum absolute atomic E-state index is 12.4. The molecule has 1 amide bonds. The van der Waals surface area contributed by atoms with Gasteiger partial charge in [-0.3, -0.25) is 4.79 Å². The van der Waals surface area contributed by atoms with Crippen molar-refractivity contribution < 1.29 is 14.5 Å². The van der Waals surface area contributed by atoms with Crippen LogP contribution in [0.5, 0.6) is 0 Å². The van der Waals surface area contributed by atoms with E-state index in [1.807, 2.05) is 0 Å². The minimum absolute atomic E-state index is 0.235. The lowest BCUT2D eigenvalue weighted by molar-refractivity contribution is 0.0929. The lowest BCUT2D eigenvalue weighted by Gasteiger charge is -2.26. The largest absolute Gasteiger partial charge is 0.491 e. The van der Waals surface area contributed by atoms with Gasteiger partial charge in [0.25, 0.3) is 5.91 Å². The molecule has 1 unspecified atom stereocenters. The molecule has 2 aliphatic rings. The first-order valence-corrected chi connectivity index (χ1v) is 7.82. The second-order valence-electron chi connectivity index (χ2n) is 6.06. The molecule has 1 aromatic carbocycles. The van der Waals surface area contributed by atoms with Gasteiger partial charge in [-0.25, -0.2) is 0 Å². The monoisotopic (exact) mass is 298 g/mol. The molecule has 1 aliphatic carbocycles. The molecule has 3 rings (SSSR count). The molecule has 1 atom stereocenters.